The highest BCUT2D eigenvalue weighted by atomic mass is 31.1. The van der Waals surface area contributed by atoms with Crippen molar-refractivity contribution in [2.75, 3.05) is 0 Å². The topological polar surface area (TPSA) is 26.0 Å². The summed E-state index contributed by atoms with van der Waals surface area (Å²) in [6.07, 6.45) is 4.85. The Kier molecular flexibility index (Phi) is 2.49. The molecule has 2 atom stereocenters. The van der Waals surface area contributed by atoms with Gasteiger partial charge in [-0.25, -0.2) is 0 Å². The first-order chi connectivity index (χ1) is 4.10. The van der Waals surface area contributed by atoms with Crippen molar-refractivity contribution in [2.24, 2.45) is 5.73 Å². The molecule has 54 valence electrons. The van der Waals surface area contributed by atoms with Gasteiger partial charge in [0.25, 0.3) is 0 Å². The predicted molar refractivity (Wildman–Crippen MR) is 48.6 cm³/mol. The molecule has 3 heteroatoms. The smallest absolute Gasteiger partial charge is 0.00397 e. The first-order valence-corrected chi connectivity index (χ1v) is 4.59. The minimum atomic E-state index is 0.413. The van der Waals surface area contributed by atoms with Gasteiger partial charge in [-0.05, 0) is 30.6 Å². The predicted octanol–water partition coefficient (Wildman–Crippen LogP) is 1.33. The Balaban J connectivity index is 2.35. The summed E-state index contributed by atoms with van der Waals surface area (Å²) in [5.41, 5.74) is 5.74. The van der Waals surface area contributed by atoms with Crippen LogP contribution in [0.25, 0.3) is 0 Å². The van der Waals surface area contributed by atoms with Gasteiger partial charge in [0.2, 0.25) is 0 Å². The molecule has 0 heterocycles. The molecule has 9 heavy (non-hydrogen) atoms. The average molecular weight is 163 g/mol. The Morgan fingerprint density at radius 1 is 1.22 bits per heavy atom. The summed E-state index contributed by atoms with van der Waals surface area (Å²) < 4.78 is 0. The van der Waals surface area contributed by atoms with Crippen molar-refractivity contribution < 1.29 is 0 Å². The summed E-state index contributed by atoms with van der Waals surface area (Å²) >= 11 is 0. The van der Waals surface area contributed by atoms with E-state index in [0.29, 0.717) is 10.9 Å². The second-order valence-electron chi connectivity index (χ2n) is 3.07. The summed E-state index contributed by atoms with van der Waals surface area (Å²) in [7, 11) is 5.77. The minimum absolute atomic E-state index is 0.413. The summed E-state index contributed by atoms with van der Waals surface area (Å²) in [5.74, 6) is 0. The van der Waals surface area contributed by atoms with E-state index in [0.717, 1.165) is 0 Å². The quantitative estimate of drug-likeness (QED) is 0.536. The molecule has 2 unspecified atom stereocenters. The van der Waals surface area contributed by atoms with E-state index in [-0.39, 0.29) is 0 Å². The van der Waals surface area contributed by atoms with Gasteiger partial charge in [0.15, 0.2) is 0 Å². The van der Waals surface area contributed by atoms with Crippen LogP contribution in [0.3, 0.4) is 0 Å². The number of hydrogen-bond acceptors (Lipinski definition) is 1. The molecule has 2 N–H and O–H groups in total. The highest BCUT2D eigenvalue weighted by molar-refractivity contribution is 7.39. The molecule has 1 rings (SSSR count). The maximum Gasteiger partial charge on any atom is 0.00397 e. The van der Waals surface area contributed by atoms with Gasteiger partial charge in [-0.15, -0.1) is 18.5 Å². The van der Waals surface area contributed by atoms with Crippen molar-refractivity contribution in [3.05, 3.63) is 0 Å². The molecule has 1 nitrogen and oxygen atoms in total. The molecule has 1 saturated carbocycles. The van der Waals surface area contributed by atoms with Crippen molar-refractivity contribution in [3.63, 3.8) is 0 Å². The average Bonchev–Trinajstić information content (AvgIpc) is 1.78. The molecule has 0 bridgehead atoms. The van der Waals surface area contributed by atoms with Crippen molar-refractivity contribution in [3.8, 4) is 0 Å². The monoisotopic (exact) mass is 163 g/mol. The molecular weight excluding hydrogens is 148 g/mol. The van der Waals surface area contributed by atoms with E-state index in [2.05, 4.69) is 18.5 Å². The van der Waals surface area contributed by atoms with Gasteiger partial charge in [0.1, 0.15) is 0 Å². The van der Waals surface area contributed by atoms with E-state index < -0.39 is 0 Å². The normalized spacial score (nSPS) is 28.3. The molecule has 1 fully saturated rings. The van der Waals surface area contributed by atoms with Crippen LogP contribution in [0.5, 0.6) is 0 Å². The lowest BCUT2D eigenvalue weighted by Gasteiger charge is -2.31. The Morgan fingerprint density at radius 3 is 2.00 bits per heavy atom. The fourth-order valence-electron chi connectivity index (χ4n) is 1.18. The van der Waals surface area contributed by atoms with Gasteiger partial charge in [-0.1, -0.05) is 0 Å². The van der Waals surface area contributed by atoms with Crippen LogP contribution in [-0.4, -0.2) is 10.9 Å². The lowest BCUT2D eigenvalue weighted by atomic mass is 9.95. The van der Waals surface area contributed by atoms with Crippen LogP contribution in [-0.2, 0) is 0 Å². The zero-order chi connectivity index (χ0) is 6.91. The molecule has 0 aliphatic heterocycles. The van der Waals surface area contributed by atoms with Crippen LogP contribution in [0.1, 0.15) is 25.7 Å². The maximum atomic E-state index is 5.74. The van der Waals surface area contributed by atoms with Gasteiger partial charge in [0, 0.05) is 6.04 Å². The third-order valence-electron chi connectivity index (χ3n) is 1.96. The first kappa shape index (κ1) is 7.92. The second-order valence-corrected chi connectivity index (χ2v) is 6.04. The lowest BCUT2D eigenvalue weighted by molar-refractivity contribution is 0.431. The Morgan fingerprint density at radius 2 is 1.67 bits per heavy atom. The molecule has 1 aliphatic rings. The van der Waals surface area contributed by atoms with Crippen molar-refractivity contribution >= 4 is 18.5 Å². The Labute approximate surface area is 61.6 Å². The summed E-state index contributed by atoms with van der Waals surface area (Å²) in [6, 6.07) is 0.472. The molecule has 1 aliphatic carbocycles. The Bertz CT molecular complexity index is 93.2. The zero-order valence-electron chi connectivity index (χ0n) is 5.64. The second kappa shape index (κ2) is 2.82. The highest BCUT2D eigenvalue weighted by Gasteiger charge is 2.24. The van der Waals surface area contributed by atoms with Crippen molar-refractivity contribution in [2.45, 2.75) is 36.6 Å². The van der Waals surface area contributed by atoms with Crippen LogP contribution in [0.2, 0.25) is 0 Å². The maximum absolute atomic E-state index is 5.74. The third-order valence-corrected chi connectivity index (χ3v) is 3.12. The molecule has 0 amide bonds. The molecule has 0 aromatic rings. The van der Waals surface area contributed by atoms with Gasteiger partial charge >= 0.3 is 0 Å². The van der Waals surface area contributed by atoms with Gasteiger partial charge in [0.05, 0.1) is 0 Å². The molecular formula is C6H15NP2. The highest BCUT2D eigenvalue weighted by Crippen LogP contribution is 2.40. The van der Waals surface area contributed by atoms with Gasteiger partial charge < -0.3 is 5.73 Å². The summed E-state index contributed by atoms with van der Waals surface area (Å²) in [6.45, 7) is 0. The number of rotatable bonds is 0. The zero-order valence-corrected chi connectivity index (χ0v) is 7.95. The SMILES string of the molecule is NC1CCC(P)(P)CC1. The van der Waals surface area contributed by atoms with E-state index in [4.69, 9.17) is 5.73 Å². The first-order valence-electron chi connectivity index (χ1n) is 3.43. The van der Waals surface area contributed by atoms with E-state index in [9.17, 15) is 0 Å². The van der Waals surface area contributed by atoms with E-state index >= 15 is 0 Å². The molecule has 0 radical (unpaired) electrons. The number of hydrogen-bond donors (Lipinski definition) is 1. The van der Waals surface area contributed by atoms with Crippen molar-refractivity contribution in [1.82, 2.24) is 0 Å². The van der Waals surface area contributed by atoms with Crippen LogP contribution in [0, 0.1) is 0 Å². The van der Waals surface area contributed by atoms with Crippen LogP contribution < -0.4 is 5.73 Å². The summed E-state index contributed by atoms with van der Waals surface area (Å²) in [5, 5.41) is 0. The van der Waals surface area contributed by atoms with E-state index in [1.165, 1.54) is 25.7 Å². The van der Waals surface area contributed by atoms with E-state index in [1.807, 2.05) is 0 Å². The molecule has 0 saturated heterocycles. The third kappa shape index (κ3) is 2.50. The van der Waals surface area contributed by atoms with Crippen LogP contribution in [0.4, 0.5) is 0 Å². The Hall–Kier alpha value is 0.820. The standard InChI is InChI=1S/C6H15NP2/c7-5-1-3-6(8,9)4-2-5/h5H,1-4,7-9H2. The molecule has 0 spiro atoms. The van der Waals surface area contributed by atoms with Crippen LogP contribution >= 0.6 is 18.5 Å². The largest absolute Gasteiger partial charge is 0.328 e. The van der Waals surface area contributed by atoms with E-state index in [1.54, 1.807) is 0 Å². The van der Waals surface area contributed by atoms with Crippen LogP contribution in [0.15, 0.2) is 0 Å². The molecule has 0 aromatic carbocycles. The summed E-state index contributed by atoms with van der Waals surface area (Å²) in [4.78, 5) is 0.413. The van der Waals surface area contributed by atoms with Gasteiger partial charge in [-0.2, -0.15) is 0 Å². The number of nitrogens with two attached hydrogens (primary N) is 1. The molecule has 0 aromatic heterocycles. The van der Waals surface area contributed by atoms with Crippen molar-refractivity contribution in [1.29, 1.82) is 0 Å². The lowest BCUT2D eigenvalue weighted by Crippen LogP contribution is -2.30. The van der Waals surface area contributed by atoms with Gasteiger partial charge in [-0.3, -0.25) is 0 Å². The fraction of sp³-hybridized carbons (Fsp3) is 1.00. The fourth-order valence-corrected chi connectivity index (χ4v) is 1.84. The minimum Gasteiger partial charge on any atom is -0.328 e.